The highest BCUT2D eigenvalue weighted by atomic mass is 19.4. The third kappa shape index (κ3) is 7.68. The summed E-state index contributed by atoms with van der Waals surface area (Å²) in [5.41, 5.74) is -6.23. The van der Waals surface area contributed by atoms with Gasteiger partial charge in [-0.25, -0.2) is 14.6 Å². The molecule has 4 rings (SSSR count). The number of amides is 1. The highest BCUT2D eigenvalue weighted by Crippen LogP contribution is 2.43. The Bertz CT molecular complexity index is 1660. The largest absolute Gasteiger partial charge is 0.480 e. The average molecular weight is 695 g/mol. The molecular formula is C30H27F9N4O5. The van der Waals surface area contributed by atoms with Crippen LogP contribution in [0.25, 0.3) is 0 Å². The Hall–Kier alpha value is -4.77. The van der Waals surface area contributed by atoms with E-state index in [0.29, 0.717) is 18.6 Å². The Balaban J connectivity index is 1.86. The van der Waals surface area contributed by atoms with E-state index in [1.54, 1.807) is 13.8 Å². The Morgan fingerprint density at radius 2 is 1.52 bits per heavy atom. The smallest absolute Gasteiger partial charge is 0.416 e. The van der Waals surface area contributed by atoms with Crippen molar-refractivity contribution in [3.63, 3.8) is 0 Å². The zero-order chi connectivity index (χ0) is 35.8. The number of benzene rings is 2. The Labute approximate surface area is 266 Å². The number of carbonyl (C=O) groups is 2. The van der Waals surface area contributed by atoms with Crippen molar-refractivity contribution < 1.29 is 63.7 Å². The standard InChI is InChI=1S/C30H27F9N4O5/c1-4-18-13-20(19-12-15(28(31,32)33)6-7-22(19)43(18)27(46)48-5-2)40-26-41-21(23(25(44)45)24(42-26)47-3)10-14-8-16(29(34,35)36)11-17(9-14)30(37,38)39/h6-9,11-12,18,20H,4-5,10,13H2,1-3H3,(H,44,45)(H,40,41,42)/t18-,20+/m1/s1. The fraction of sp³-hybridized carbons (Fsp3) is 0.400. The number of fused-ring (bicyclic) bond motifs is 1. The predicted molar refractivity (Wildman–Crippen MR) is 151 cm³/mol. The van der Waals surface area contributed by atoms with E-state index >= 15 is 0 Å². The molecule has 0 fully saturated rings. The van der Waals surface area contributed by atoms with Gasteiger partial charge in [0.25, 0.3) is 0 Å². The van der Waals surface area contributed by atoms with Crippen molar-refractivity contribution in [2.75, 3.05) is 23.9 Å². The SMILES string of the molecule is CCOC(=O)N1c2ccc(C(F)(F)F)cc2[C@@H](Nc2nc(Cc3cc(C(F)(F)F)cc(C(F)(F)F)c3)c(C(=O)O)c(OC)n2)C[C@H]1CC. The van der Waals surface area contributed by atoms with Gasteiger partial charge in [-0.2, -0.15) is 44.5 Å². The lowest BCUT2D eigenvalue weighted by molar-refractivity contribution is -0.143. The van der Waals surface area contributed by atoms with Crippen molar-refractivity contribution in [3.8, 4) is 5.88 Å². The molecule has 0 aliphatic carbocycles. The zero-order valence-electron chi connectivity index (χ0n) is 25.3. The first-order valence-electron chi connectivity index (χ1n) is 14.2. The minimum absolute atomic E-state index is 0.0217. The summed E-state index contributed by atoms with van der Waals surface area (Å²) in [5.74, 6) is -2.80. The summed E-state index contributed by atoms with van der Waals surface area (Å²) >= 11 is 0. The van der Waals surface area contributed by atoms with Crippen molar-refractivity contribution in [1.82, 2.24) is 9.97 Å². The van der Waals surface area contributed by atoms with Crippen molar-refractivity contribution in [2.24, 2.45) is 0 Å². The molecule has 0 saturated heterocycles. The molecule has 0 bridgehead atoms. The number of carboxylic acid groups (broad SMARTS) is 1. The fourth-order valence-electron chi connectivity index (χ4n) is 5.37. The maximum atomic E-state index is 13.8. The number of hydrogen-bond acceptors (Lipinski definition) is 7. The van der Waals surface area contributed by atoms with Gasteiger partial charge in [0.15, 0.2) is 0 Å². The highest BCUT2D eigenvalue weighted by Gasteiger charge is 2.40. The van der Waals surface area contributed by atoms with Gasteiger partial charge < -0.3 is 19.9 Å². The van der Waals surface area contributed by atoms with Gasteiger partial charge in [-0.1, -0.05) is 6.92 Å². The van der Waals surface area contributed by atoms with Crippen LogP contribution in [0.15, 0.2) is 36.4 Å². The molecule has 1 aliphatic rings. The van der Waals surface area contributed by atoms with Gasteiger partial charge in [0.1, 0.15) is 5.56 Å². The molecule has 48 heavy (non-hydrogen) atoms. The van der Waals surface area contributed by atoms with Crippen LogP contribution in [0.1, 0.15) is 76.6 Å². The van der Waals surface area contributed by atoms with Crippen LogP contribution < -0.4 is 15.0 Å². The molecule has 2 aromatic carbocycles. The first kappa shape index (κ1) is 36.1. The molecule has 1 amide bonds. The number of carbonyl (C=O) groups excluding carboxylic acids is 1. The van der Waals surface area contributed by atoms with Crippen LogP contribution in [-0.4, -0.2) is 46.9 Å². The van der Waals surface area contributed by atoms with Crippen LogP contribution in [0.3, 0.4) is 0 Å². The summed E-state index contributed by atoms with van der Waals surface area (Å²) in [6, 6.07) is 1.72. The number of alkyl halides is 9. The predicted octanol–water partition coefficient (Wildman–Crippen LogP) is 8.13. The number of anilines is 2. The van der Waals surface area contributed by atoms with Gasteiger partial charge in [-0.15, -0.1) is 0 Å². The third-order valence-electron chi connectivity index (χ3n) is 7.48. The second-order valence-corrected chi connectivity index (χ2v) is 10.6. The summed E-state index contributed by atoms with van der Waals surface area (Å²) in [4.78, 5) is 34.3. The van der Waals surface area contributed by atoms with Gasteiger partial charge >= 0.3 is 30.6 Å². The molecule has 260 valence electrons. The summed E-state index contributed by atoms with van der Waals surface area (Å²) < 4.78 is 133. The van der Waals surface area contributed by atoms with Gasteiger partial charge in [0.05, 0.1) is 47.8 Å². The van der Waals surface area contributed by atoms with Crippen LogP contribution in [0.2, 0.25) is 0 Å². The number of ether oxygens (including phenoxy) is 2. The van der Waals surface area contributed by atoms with Gasteiger partial charge in [-0.3, -0.25) is 4.90 Å². The first-order valence-corrected chi connectivity index (χ1v) is 14.2. The average Bonchev–Trinajstić information content (AvgIpc) is 2.98. The summed E-state index contributed by atoms with van der Waals surface area (Å²) in [6.45, 7) is 3.24. The molecule has 18 heteroatoms. The van der Waals surface area contributed by atoms with Crippen LogP contribution in [0, 0.1) is 0 Å². The van der Waals surface area contributed by atoms with E-state index in [9.17, 15) is 54.2 Å². The number of halogens is 9. The molecule has 0 radical (unpaired) electrons. The van der Waals surface area contributed by atoms with E-state index in [-0.39, 0.29) is 30.3 Å². The molecule has 9 nitrogen and oxygen atoms in total. The maximum Gasteiger partial charge on any atom is 0.416 e. The lowest BCUT2D eigenvalue weighted by Crippen LogP contribution is -2.46. The summed E-state index contributed by atoms with van der Waals surface area (Å²) in [6.07, 6.45) is -16.6. The first-order chi connectivity index (χ1) is 22.3. The molecule has 0 spiro atoms. The monoisotopic (exact) mass is 694 g/mol. The maximum absolute atomic E-state index is 13.8. The van der Waals surface area contributed by atoms with E-state index in [0.717, 1.165) is 25.3 Å². The number of nitrogens with zero attached hydrogens (tertiary/aromatic N) is 3. The normalized spacial score (nSPS) is 16.7. The zero-order valence-corrected chi connectivity index (χ0v) is 25.3. The highest BCUT2D eigenvalue weighted by molar-refractivity contribution is 5.92. The van der Waals surface area contributed by atoms with Gasteiger partial charge in [0.2, 0.25) is 11.8 Å². The second-order valence-electron chi connectivity index (χ2n) is 10.6. The van der Waals surface area contributed by atoms with E-state index in [1.165, 1.54) is 4.90 Å². The topological polar surface area (TPSA) is 114 Å². The summed E-state index contributed by atoms with van der Waals surface area (Å²) in [7, 11) is 1.00. The van der Waals surface area contributed by atoms with Crippen LogP contribution in [0.5, 0.6) is 5.88 Å². The number of aromatic nitrogens is 2. The lowest BCUT2D eigenvalue weighted by Gasteiger charge is -2.40. The quantitative estimate of drug-likeness (QED) is 0.227. The molecule has 0 saturated carbocycles. The van der Waals surface area contributed by atoms with E-state index in [4.69, 9.17) is 9.47 Å². The molecule has 2 atom stereocenters. The molecule has 2 N–H and O–H groups in total. The molecule has 1 aliphatic heterocycles. The minimum atomic E-state index is -5.18. The Morgan fingerprint density at radius 3 is 2.02 bits per heavy atom. The van der Waals surface area contributed by atoms with Gasteiger partial charge in [-0.05, 0) is 67.3 Å². The number of carboxylic acids is 1. The molecule has 2 heterocycles. The van der Waals surface area contributed by atoms with Crippen LogP contribution in [0.4, 0.5) is 55.9 Å². The fourth-order valence-corrected chi connectivity index (χ4v) is 5.37. The number of rotatable bonds is 8. The van der Waals surface area contributed by atoms with Crippen molar-refractivity contribution in [2.45, 2.75) is 63.7 Å². The Kier molecular flexibility index (Phi) is 10.1. The molecule has 1 aromatic heterocycles. The van der Waals surface area contributed by atoms with Crippen molar-refractivity contribution in [1.29, 1.82) is 0 Å². The van der Waals surface area contributed by atoms with Crippen molar-refractivity contribution in [3.05, 3.63) is 75.5 Å². The second kappa shape index (κ2) is 13.4. The third-order valence-corrected chi connectivity index (χ3v) is 7.48. The molecule has 3 aromatic rings. The van der Waals surface area contributed by atoms with Crippen LogP contribution in [-0.2, 0) is 29.7 Å². The molecule has 0 unspecified atom stereocenters. The lowest BCUT2D eigenvalue weighted by atomic mass is 9.89. The number of aromatic carboxylic acids is 1. The van der Waals surface area contributed by atoms with Crippen molar-refractivity contribution >= 4 is 23.7 Å². The van der Waals surface area contributed by atoms with E-state index in [1.807, 2.05) is 0 Å². The van der Waals surface area contributed by atoms with Gasteiger partial charge in [0, 0.05) is 12.5 Å². The van der Waals surface area contributed by atoms with Crippen LogP contribution >= 0.6 is 0 Å². The molecular weight excluding hydrogens is 667 g/mol. The van der Waals surface area contributed by atoms with E-state index < -0.39 is 94.4 Å². The minimum Gasteiger partial charge on any atom is -0.480 e. The number of methoxy groups -OCH3 is 1. The number of hydrogen-bond donors (Lipinski definition) is 2. The van der Waals surface area contributed by atoms with E-state index in [2.05, 4.69) is 15.3 Å². The number of nitrogens with one attached hydrogen (secondary N) is 1. The summed E-state index contributed by atoms with van der Waals surface area (Å²) in [5, 5.41) is 12.7. The Morgan fingerprint density at radius 1 is 0.917 bits per heavy atom.